The zero-order valence-corrected chi connectivity index (χ0v) is 12.4. The van der Waals surface area contributed by atoms with Crippen LogP contribution in [0.25, 0.3) is 0 Å². The Balaban J connectivity index is 2.23. The fourth-order valence-corrected chi connectivity index (χ4v) is 2.24. The summed E-state index contributed by atoms with van der Waals surface area (Å²) in [6.07, 6.45) is 0. The Kier molecular flexibility index (Phi) is 4.95. The predicted molar refractivity (Wildman–Crippen MR) is 84.3 cm³/mol. The van der Waals surface area contributed by atoms with Crippen molar-refractivity contribution in [2.24, 2.45) is 0 Å². The second kappa shape index (κ2) is 6.91. The SMILES string of the molecule is COc1cccc(C(CO)Nc2ccc([N+](=O)[O-])c(C)c2)c1. The lowest BCUT2D eigenvalue weighted by Crippen LogP contribution is -2.15. The highest BCUT2D eigenvalue weighted by Gasteiger charge is 2.14. The molecular weight excluding hydrogens is 284 g/mol. The minimum atomic E-state index is -0.412. The van der Waals surface area contributed by atoms with Crippen molar-refractivity contribution in [2.75, 3.05) is 19.0 Å². The van der Waals surface area contributed by atoms with Gasteiger partial charge in [0, 0.05) is 17.3 Å². The molecule has 1 unspecified atom stereocenters. The number of nitro benzene ring substituents is 1. The van der Waals surface area contributed by atoms with Crippen molar-refractivity contribution in [1.29, 1.82) is 0 Å². The van der Waals surface area contributed by atoms with Crippen LogP contribution < -0.4 is 10.1 Å². The summed E-state index contributed by atoms with van der Waals surface area (Å²) in [5.74, 6) is 0.706. The van der Waals surface area contributed by atoms with Gasteiger partial charge in [-0.2, -0.15) is 0 Å². The summed E-state index contributed by atoms with van der Waals surface area (Å²) >= 11 is 0. The van der Waals surface area contributed by atoms with E-state index < -0.39 is 4.92 Å². The summed E-state index contributed by atoms with van der Waals surface area (Å²) in [5.41, 5.74) is 2.23. The van der Waals surface area contributed by atoms with E-state index >= 15 is 0 Å². The highest BCUT2D eigenvalue weighted by molar-refractivity contribution is 5.54. The van der Waals surface area contributed by atoms with Gasteiger partial charge in [-0.25, -0.2) is 0 Å². The van der Waals surface area contributed by atoms with Crippen LogP contribution >= 0.6 is 0 Å². The molecule has 6 nitrogen and oxygen atoms in total. The smallest absolute Gasteiger partial charge is 0.272 e. The molecule has 0 saturated carbocycles. The van der Waals surface area contributed by atoms with Crippen LogP contribution in [0.15, 0.2) is 42.5 Å². The maximum atomic E-state index is 10.8. The Morgan fingerprint density at radius 3 is 2.68 bits per heavy atom. The van der Waals surface area contributed by atoms with Crippen molar-refractivity contribution in [3.05, 3.63) is 63.7 Å². The number of hydrogen-bond acceptors (Lipinski definition) is 5. The molecule has 0 saturated heterocycles. The lowest BCUT2D eigenvalue weighted by molar-refractivity contribution is -0.385. The molecule has 22 heavy (non-hydrogen) atoms. The summed E-state index contributed by atoms with van der Waals surface area (Å²) in [4.78, 5) is 10.4. The number of nitrogens with zero attached hydrogens (tertiary/aromatic N) is 1. The Hall–Kier alpha value is -2.60. The van der Waals surface area contributed by atoms with Crippen LogP contribution in [0.1, 0.15) is 17.2 Å². The molecule has 0 aliphatic rings. The van der Waals surface area contributed by atoms with Crippen molar-refractivity contribution in [3.8, 4) is 5.75 Å². The van der Waals surface area contributed by atoms with Gasteiger partial charge in [0.25, 0.3) is 5.69 Å². The van der Waals surface area contributed by atoms with E-state index in [0.29, 0.717) is 17.0 Å². The number of rotatable bonds is 6. The summed E-state index contributed by atoms with van der Waals surface area (Å²) in [6, 6.07) is 11.9. The van der Waals surface area contributed by atoms with E-state index in [1.807, 2.05) is 24.3 Å². The molecule has 6 heteroatoms. The average molecular weight is 302 g/mol. The van der Waals surface area contributed by atoms with Gasteiger partial charge in [-0.1, -0.05) is 12.1 Å². The monoisotopic (exact) mass is 302 g/mol. The highest BCUT2D eigenvalue weighted by atomic mass is 16.6. The molecule has 0 fully saturated rings. The number of aliphatic hydroxyl groups excluding tert-OH is 1. The van der Waals surface area contributed by atoms with Gasteiger partial charge >= 0.3 is 0 Å². The molecule has 1 atom stereocenters. The molecular formula is C16H18N2O4. The largest absolute Gasteiger partial charge is 0.497 e. The fourth-order valence-electron chi connectivity index (χ4n) is 2.24. The van der Waals surface area contributed by atoms with Crippen LogP contribution in [0.5, 0.6) is 5.75 Å². The Labute approximate surface area is 128 Å². The van der Waals surface area contributed by atoms with Crippen LogP contribution in [0.3, 0.4) is 0 Å². The van der Waals surface area contributed by atoms with Gasteiger partial charge in [-0.3, -0.25) is 10.1 Å². The first-order valence-corrected chi connectivity index (χ1v) is 6.81. The van der Waals surface area contributed by atoms with Gasteiger partial charge in [-0.05, 0) is 36.8 Å². The summed E-state index contributed by atoms with van der Waals surface area (Å²) < 4.78 is 5.18. The third-order valence-corrected chi connectivity index (χ3v) is 3.41. The van der Waals surface area contributed by atoms with Crippen molar-refractivity contribution < 1.29 is 14.8 Å². The number of ether oxygens (including phenoxy) is 1. The molecule has 2 aromatic carbocycles. The number of benzene rings is 2. The molecule has 2 aromatic rings. The van der Waals surface area contributed by atoms with Crippen molar-refractivity contribution in [1.82, 2.24) is 0 Å². The lowest BCUT2D eigenvalue weighted by atomic mass is 10.1. The minimum absolute atomic E-state index is 0.0764. The third kappa shape index (κ3) is 3.53. The molecule has 0 aliphatic heterocycles. The summed E-state index contributed by atoms with van der Waals surface area (Å²) in [6.45, 7) is 1.58. The first-order chi connectivity index (χ1) is 10.5. The minimum Gasteiger partial charge on any atom is -0.497 e. The van der Waals surface area contributed by atoms with Crippen LogP contribution in [-0.2, 0) is 0 Å². The van der Waals surface area contributed by atoms with Gasteiger partial charge in [0.1, 0.15) is 5.75 Å². The zero-order chi connectivity index (χ0) is 16.1. The molecule has 0 aliphatic carbocycles. The van der Waals surface area contributed by atoms with E-state index in [4.69, 9.17) is 4.74 Å². The van der Waals surface area contributed by atoms with Gasteiger partial charge in [0.05, 0.1) is 24.7 Å². The number of anilines is 1. The molecule has 2 N–H and O–H groups in total. The van der Waals surface area contributed by atoms with E-state index in [1.54, 1.807) is 26.2 Å². The Morgan fingerprint density at radius 1 is 1.32 bits per heavy atom. The maximum Gasteiger partial charge on any atom is 0.272 e. The predicted octanol–water partition coefficient (Wildman–Crippen LogP) is 3.06. The van der Waals surface area contributed by atoms with Crippen LogP contribution in [0.2, 0.25) is 0 Å². The maximum absolute atomic E-state index is 10.8. The molecule has 2 rings (SSSR count). The molecule has 0 amide bonds. The number of hydrogen-bond donors (Lipinski definition) is 2. The van der Waals surface area contributed by atoms with Gasteiger partial charge in [0.15, 0.2) is 0 Å². The van der Waals surface area contributed by atoms with Crippen molar-refractivity contribution in [3.63, 3.8) is 0 Å². The number of nitro groups is 1. The van der Waals surface area contributed by atoms with E-state index in [0.717, 1.165) is 5.56 Å². The Morgan fingerprint density at radius 2 is 2.09 bits per heavy atom. The molecule has 0 aromatic heterocycles. The normalized spacial score (nSPS) is 11.8. The molecule has 116 valence electrons. The number of methoxy groups -OCH3 is 1. The van der Waals surface area contributed by atoms with Crippen molar-refractivity contribution in [2.45, 2.75) is 13.0 Å². The van der Waals surface area contributed by atoms with Crippen molar-refractivity contribution >= 4 is 11.4 Å². The van der Waals surface area contributed by atoms with Crippen LogP contribution in [0.4, 0.5) is 11.4 Å². The first-order valence-electron chi connectivity index (χ1n) is 6.81. The second-order valence-electron chi connectivity index (χ2n) is 4.91. The van der Waals surface area contributed by atoms with Gasteiger partial charge in [0.2, 0.25) is 0 Å². The van der Waals surface area contributed by atoms with E-state index in [1.165, 1.54) is 6.07 Å². The average Bonchev–Trinajstić information content (AvgIpc) is 2.52. The fraction of sp³-hybridized carbons (Fsp3) is 0.250. The van der Waals surface area contributed by atoms with E-state index in [-0.39, 0.29) is 18.3 Å². The first kappa shape index (κ1) is 15.8. The number of nitrogens with one attached hydrogen (secondary N) is 1. The van der Waals surface area contributed by atoms with Crippen LogP contribution in [0, 0.1) is 17.0 Å². The van der Waals surface area contributed by atoms with E-state index in [9.17, 15) is 15.2 Å². The Bertz CT molecular complexity index is 673. The van der Waals surface area contributed by atoms with Crippen LogP contribution in [-0.4, -0.2) is 23.7 Å². The molecule has 0 spiro atoms. The summed E-state index contributed by atoms with van der Waals surface area (Å²) in [7, 11) is 1.58. The molecule has 0 heterocycles. The highest BCUT2D eigenvalue weighted by Crippen LogP contribution is 2.26. The number of aliphatic hydroxyl groups is 1. The quantitative estimate of drug-likeness (QED) is 0.633. The van der Waals surface area contributed by atoms with Gasteiger partial charge < -0.3 is 15.2 Å². The van der Waals surface area contributed by atoms with E-state index in [2.05, 4.69) is 5.32 Å². The topological polar surface area (TPSA) is 84.6 Å². The summed E-state index contributed by atoms with van der Waals surface area (Å²) in [5, 5.41) is 23.6. The third-order valence-electron chi connectivity index (χ3n) is 3.41. The molecule has 0 bridgehead atoms. The molecule has 0 radical (unpaired) electrons. The number of aryl methyl sites for hydroxylation is 1. The second-order valence-corrected chi connectivity index (χ2v) is 4.91. The van der Waals surface area contributed by atoms with Gasteiger partial charge in [-0.15, -0.1) is 0 Å². The lowest BCUT2D eigenvalue weighted by Gasteiger charge is -2.19. The standard InChI is InChI=1S/C16H18N2O4/c1-11-8-13(6-7-16(11)18(20)21)17-15(10-19)12-4-3-5-14(9-12)22-2/h3-9,15,17,19H,10H2,1-2H3. The zero-order valence-electron chi connectivity index (χ0n) is 12.4.